The van der Waals surface area contributed by atoms with Crippen LogP contribution in [0.15, 0.2) is 4.42 Å². The molecule has 0 unspecified atom stereocenters. The Morgan fingerprint density at radius 3 is 2.91 bits per heavy atom. The summed E-state index contributed by atoms with van der Waals surface area (Å²) >= 11 is 1.97. The smallest absolute Gasteiger partial charge is 0.278 e. The van der Waals surface area contributed by atoms with Gasteiger partial charge in [-0.2, -0.15) is 0 Å². The summed E-state index contributed by atoms with van der Waals surface area (Å²) in [5.41, 5.74) is 0. The van der Waals surface area contributed by atoms with Gasteiger partial charge in [-0.1, -0.05) is 6.92 Å². The van der Waals surface area contributed by atoms with Crippen LogP contribution in [0.3, 0.4) is 0 Å². The molecule has 0 aromatic carbocycles. The lowest BCUT2D eigenvalue weighted by molar-refractivity contribution is 0.102. The molecule has 1 rings (SSSR count). The number of rotatable bonds is 4. The summed E-state index contributed by atoms with van der Waals surface area (Å²) in [6.07, 6.45) is 1.01. The summed E-state index contributed by atoms with van der Waals surface area (Å²) in [5.74, 6) is 0.544. The highest BCUT2D eigenvalue weighted by Crippen LogP contribution is 2.03. The second-order valence-corrected chi connectivity index (χ2v) is 2.92. The van der Waals surface area contributed by atoms with Gasteiger partial charge in [0.1, 0.15) is 6.61 Å². The molecule has 62 valence electrons. The maximum Gasteiger partial charge on any atom is 0.278 e. The maximum absolute atomic E-state index is 5.18. The molecule has 0 aliphatic heterocycles. The summed E-state index contributed by atoms with van der Waals surface area (Å²) in [4.78, 5) is 0. The lowest BCUT2D eigenvalue weighted by Crippen LogP contribution is -1.93. The first-order valence-corrected chi connectivity index (χ1v) is 4.46. The van der Waals surface area contributed by atoms with E-state index in [1.165, 1.54) is 0 Å². The average molecular weight is 268 g/mol. The van der Waals surface area contributed by atoms with Gasteiger partial charge in [-0.25, -0.2) is 0 Å². The van der Waals surface area contributed by atoms with Crippen LogP contribution in [0, 0.1) is 3.90 Å². The first kappa shape index (κ1) is 8.92. The SMILES string of the molecule is CCCOCc1nnc(I)o1. The van der Waals surface area contributed by atoms with E-state index < -0.39 is 0 Å². The van der Waals surface area contributed by atoms with Crippen molar-refractivity contribution in [3.63, 3.8) is 0 Å². The highest BCUT2D eigenvalue weighted by molar-refractivity contribution is 14.1. The van der Waals surface area contributed by atoms with Crippen LogP contribution in [0.25, 0.3) is 0 Å². The van der Waals surface area contributed by atoms with Gasteiger partial charge in [0, 0.05) is 29.2 Å². The fourth-order valence-corrected chi connectivity index (χ4v) is 0.957. The summed E-state index contributed by atoms with van der Waals surface area (Å²) in [6, 6.07) is 0. The van der Waals surface area contributed by atoms with Crippen LogP contribution in [0.5, 0.6) is 0 Å². The third-order valence-electron chi connectivity index (χ3n) is 1.02. The Morgan fingerprint density at radius 2 is 2.36 bits per heavy atom. The van der Waals surface area contributed by atoms with Crippen LogP contribution in [0.2, 0.25) is 0 Å². The Morgan fingerprint density at radius 1 is 1.55 bits per heavy atom. The topological polar surface area (TPSA) is 48.2 Å². The Kier molecular flexibility index (Phi) is 3.78. The van der Waals surface area contributed by atoms with Crippen LogP contribution < -0.4 is 0 Å². The second kappa shape index (κ2) is 4.66. The van der Waals surface area contributed by atoms with Crippen molar-refractivity contribution in [3.05, 3.63) is 9.79 Å². The summed E-state index contributed by atoms with van der Waals surface area (Å²) in [6.45, 7) is 3.21. The molecule has 1 heterocycles. The molecule has 0 amide bonds. The molecular formula is C6H9IN2O2. The molecule has 1 aromatic heterocycles. The molecule has 0 aliphatic carbocycles. The maximum atomic E-state index is 5.18. The summed E-state index contributed by atoms with van der Waals surface area (Å²) in [5, 5.41) is 7.42. The first-order valence-electron chi connectivity index (χ1n) is 3.38. The van der Waals surface area contributed by atoms with Gasteiger partial charge in [0.15, 0.2) is 0 Å². The zero-order valence-electron chi connectivity index (χ0n) is 6.21. The predicted molar refractivity (Wildman–Crippen MR) is 47.0 cm³/mol. The molecule has 0 saturated carbocycles. The van der Waals surface area contributed by atoms with Crippen molar-refractivity contribution in [2.45, 2.75) is 20.0 Å². The lowest BCUT2D eigenvalue weighted by atomic mass is 10.5. The van der Waals surface area contributed by atoms with E-state index in [1.807, 2.05) is 22.6 Å². The van der Waals surface area contributed by atoms with Crippen molar-refractivity contribution in [2.75, 3.05) is 6.61 Å². The zero-order chi connectivity index (χ0) is 8.10. The Labute approximate surface area is 78.5 Å². The lowest BCUT2D eigenvalue weighted by Gasteiger charge is -1.95. The minimum Gasteiger partial charge on any atom is -0.414 e. The van der Waals surface area contributed by atoms with E-state index in [1.54, 1.807) is 0 Å². The molecule has 0 atom stereocenters. The number of halogens is 1. The van der Waals surface area contributed by atoms with Crippen molar-refractivity contribution in [1.82, 2.24) is 10.2 Å². The van der Waals surface area contributed by atoms with Crippen molar-refractivity contribution >= 4 is 22.6 Å². The van der Waals surface area contributed by atoms with Crippen LogP contribution in [0.4, 0.5) is 0 Å². The van der Waals surface area contributed by atoms with E-state index in [-0.39, 0.29) is 0 Å². The van der Waals surface area contributed by atoms with E-state index >= 15 is 0 Å². The molecule has 0 radical (unpaired) electrons. The van der Waals surface area contributed by atoms with Gasteiger partial charge in [-0.15, -0.1) is 10.2 Å². The molecule has 1 aromatic rings. The molecular weight excluding hydrogens is 259 g/mol. The zero-order valence-corrected chi connectivity index (χ0v) is 8.37. The van der Waals surface area contributed by atoms with Crippen molar-refractivity contribution in [2.24, 2.45) is 0 Å². The first-order chi connectivity index (χ1) is 5.33. The van der Waals surface area contributed by atoms with Crippen molar-refractivity contribution in [3.8, 4) is 0 Å². The molecule has 0 saturated heterocycles. The quantitative estimate of drug-likeness (QED) is 0.614. The highest BCUT2D eigenvalue weighted by Gasteiger charge is 2.01. The number of hydrogen-bond acceptors (Lipinski definition) is 4. The van der Waals surface area contributed by atoms with Gasteiger partial charge in [0.25, 0.3) is 3.90 Å². The molecule has 0 bridgehead atoms. The predicted octanol–water partition coefficient (Wildman–Crippen LogP) is 1.60. The Balaban J connectivity index is 2.27. The van der Waals surface area contributed by atoms with E-state index in [2.05, 4.69) is 17.1 Å². The molecule has 0 spiro atoms. The van der Waals surface area contributed by atoms with Crippen LogP contribution in [0.1, 0.15) is 19.2 Å². The Hall–Kier alpha value is -0.170. The number of nitrogens with zero attached hydrogens (tertiary/aromatic N) is 2. The van der Waals surface area contributed by atoms with E-state index in [4.69, 9.17) is 9.15 Å². The largest absolute Gasteiger partial charge is 0.414 e. The van der Waals surface area contributed by atoms with Gasteiger partial charge in [0.05, 0.1) is 0 Å². The van der Waals surface area contributed by atoms with Gasteiger partial charge in [-0.05, 0) is 6.42 Å². The molecule has 5 heteroatoms. The number of aromatic nitrogens is 2. The average Bonchev–Trinajstić information content (AvgIpc) is 2.37. The van der Waals surface area contributed by atoms with Crippen molar-refractivity contribution in [1.29, 1.82) is 0 Å². The van der Waals surface area contributed by atoms with E-state index in [0.29, 0.717) is 16.4 Å². The van der Waals surface area contributed by atoms with E-state index in [0.717, 1.165) is 13.0 Å². The third-order valence-corrected chi connectivity index (χ3v) is 1.45. The fraction of sp³-hybridized carbons (Fsp3) is 0.667. The minimum atomic E-state index is 0.420. The summed E-state index contributed by atoms with van der Waals surface area (Å²) < 4.78 is 10.8. The molecule has 4 nitrogen and oxygen atoms in total. The monoisotopic (exact) mass is 268 g/mol. The number of ether oxygens (including phenoxy) is 1. The summed E-state index contributed by atoms with van der Waals surface area (Å²) in [7, 11) is 0. The van der Waals surface area contributed by atoms with Crippen LogP contribution >= 0.6 is 22.6 Å². The minimum absolute atomic E-state index is 0.420. The molecule has 11 heavy (non-hydrogen) atoms. The van der Waals surface area contributed by atoms with Crippen LogP contribution in [-0.4, -0.2) is 16.8 Å². The molecule has 0 N–H and O–H groups in total. The highest BCUT2D eigenvalue weighted by atomic mass is 127. The van der Waals surface area contributed by atoms with Crippen LogP contribution in [-0.2, 0) is 11.3 Å². The second-order valence-electron chi connectivity index (χ2n) is 2.00. The van der Waals surface area contributed by atoms with Crippen molar-refractivity contribution < 1.29 is 9.15 Å². The van der Waals surface area contributed by atoms with E-state index in [9.17, 15) is 0 Å². The molecule has 0 fully saturated rings. The van der Waals surface area contributed by atoms with Gasteiger partial charge in [-0.3, -0.25) is 0 Å². The normalized spacial score (nSPS) is 10.4. The Bertz CT molecular complexity index is 214. The third kappa shape index (κ3) is 3.15. The van der Waals surface area contributed by atoms with Gasteiger partial charge < -0.3 is 9.15 Å². The van der Waals surface area contributed by atoms with Gasteiger partial charge >= 0.3 is 0 Å². The fourth-order valence-electron chi connectivity index (χ4n) is 0.595. The van der Waals surface area contributed by atoms with Gasteiger partial charge in [0.2, 0.25) is 5.89 Å². The standard InChI is InChI=1S/C6H9IN2O2/c1-2-3-10-4-5-8-9-6(7)11-5/h2-4H2,1H3. The molecule has 0 aliphatic rings. The number of hydrogen-bond donors (Lipinski definition) is 0.